The van der Waals surface area contributed by atoms with Crippen molar-refractivity contribution in [2.24, 2.45) is 0 Å². The summed E-state index contributed by atoms with van der Waals surface area (Å²) < 4.78 is 14.6. The average Bonchev–Trinajstić information content (AvgIpc) is 2.91. The largest absolute Gasteiger partial charge is 0.478 e. The molecular weight excluding hydrogens is 335 g/mol. The van der Waals surface area contributed by atoms with Crippen LogP contribution in [0.3, 0.4) is 0 Å². The maximum atomic E-state index is 13.2. The number of carboxylic acid groups (broad SMARTS) is 1. The van der Waals surface area contributed by atoms with E-state index in [9.17, 15) is 14.3 Å². The maximum absolute atomic E-state index is 13.2. The minimum atomic E-state index is -1.04. The first-order valence-corrected chi connectivity index (χ1v) is 7.63. The van der Waals surface area contributed by atoms with Crippen molar-refractivity contribution in [2.75, 3.05) is 5.32 Å². The van der Waals surface area contributed by atoms with Crippen molar-refractivity contribution < 1.29 is 14.3 Å². The lowest BCUT2D eigenvalue weighted by Gasteiger charge is -2.08. The lowest BCUT2D eigenvalue weighted by molar-refractivity contribution is 0.0696. The van der Waals surface area contributed by atoms with Gasteiger partial charge in [-0.1, -0.05) is 25.4 Å². The standard InChI is InChI=1S/C14H10ClFN4O2.C2H6/c1-7-9(14(21)22)5-20-12(7)13(17-6-18-20)19-8-2-3-11(16)10(15)4-8;1-2/h2-6H,1H3,(H,21,22)(H,17,18,19);1-2H3. The predicted octanol–water partition coefficient (Wildman–Crippen LogP) is 4.30. The average molecular weight is 351 g/mol. The molecular formula is C16H16ClFN4O2. The van der Waals surface area contributed by atoms with Crippen molar-refractivity contribution in [2.45, 2.75) is 20.8 Å². The van der Waals surface area contributed by atoms with E-state index in [1.165, 1.54) is 35.2 Å². The first-order chi connectivity index (χ1) is 11.5. The smallest absolute Gasteiger partial charge is 0.337 e. The SMILES string of the molecule is CC.Cc1c(C(=O)O)cn2ncnc(Nc3ccc(F)c(Cl)c3)c12. The molecule has 3 aromatic rings. The van der Waals surface area contributed by atoms with E-state index in [4.69, 9.17) is 11.6 Å². The molecule has 8 heteroatoms. The molecule has 0 aliphatic heterocycles. The van der Waals surface area contributed by atoms with Crippen LogP contribution in [0.5, 0.6) is 0 Å². The Morgan fingerprint density at radius 3 is 2.71 bits per heavy atom. The molecule has 0 radical (unpaired) electrons. The van der Waals surface area contributed by atoms with Crippen LogP contribution in [0.15, 0.2) is 30.7 Å². The molecule has 24 heavy (non-hydrogen) atoms. The Bertz CT molecular complexity index is 895. The summed E-state index contributed by atoms with van der Waals surface area (Å²) in [6.45, 7) is 5.67. The van der Waals surface area contributed by atoms with Crippen LogP contribution in [-0.4, -0.2) is 25.7 Å². The van der Waals surface area contributed by atoms with Gasteiger partial charge in [-0.15, -0.1) is 0 Å². The highest BCUT2D eigenvalue weighted by Gasteiger charge is 2.17. The third-order valence-corrected chi connectivity index (χ3v) is 3.53. The van der Waals surface area contributed by atoms with Gasteiger partial charge in [0, 0.05) is 11.9 Å². The lowest BCUT2D eigenvalue weighted by Crippen LogP contribution is -2.00. The van der Waals surface area contributed by atoms with Gasteiger partial charge in [0.15, 0.2) is 5.82 Å². The second kappa shape index (κ2) is 7.27. The van der Waals surface area contributed by atoms with Gasteiger partial charge in [-0.3, -0.25) is 0 Å². The molecule has 2 heterocycles. The molecule has 0 bridgehead atoms. The molecule has 0 amide bonds. The zero-order valence-electron chi connectivity index (χ0n) is 13.3. The van der Waals surface area contributed by atoms with Crippen molar-refractivity contribution in [1.82, 2.24) is 14.6 Å². The van der Waals surface area contributed by atoms with Crippen molar-refractivity contribution in [3.05, 3.63) is 52.7 Å². The van der Waals surface area contributed by atoms with Crippen LogP contribution in [0.25, 0.3) is 5.52 Å². The van der Waals surface area contributed by atoms with Gasteiger partial charge in [-0.2, -0.15) is 5.10 Å². The van der Waals surface area contributed by atoms with E-state index in [1.807, 2.05) is 13.8 Å². The van der Waals surface area contributed by atoms with Gasteiger partial charge in [0.05, 0.1) is 10.6 Å². The van der Waals surface area contributed by atoms with E-state index in [2.05, 4.69) is 15.4 Å². The van der Waals surface area contributed by atoms with Crippen LogP contribution in [0.1, 0.15) is 29.8 Å². The highest BCUT2D eigenvalue weighted by molar-refractivity contribution is 6.31. The zero-order chi connectivity index (χ0) is 17.9. The van der Waals surface area contributed by atoms with Gasteiger partial charge in [-0.05, 0) is 30.7 Å². The minimum absolute atomic E-state index is 0.0200. The number of nitrogens with zero attached hydrogens (tertiary/aromatic N) is 3. The number of anilines is 2. The Morgan fingerprint density at radius 2 is 2.08 bits per heavy atom. The van der Waals surface area contributed by atoms with Gasteiger partial charge in [0.25, 0.3) is 0 Å². The van der Waals surface area contributed by atoms with Crippen molar-refractivity contribution in [3.8, 4) is 0 Å². The number of carbonyl (C=O) groups is 1. The molecule has 3 rings (SSSR count). The number of hydrogen-bond donors (Lipinski definition) is 2. The second-order valence-electron chi connectivity index (χ2n) is 4.63. The van der Waals surface area contributed by atoms with Crippen LogP contribution < -0.4 is 5.32 Å². The van der Waals surface area contributed by atoms with Crippen molar-refractivity contribution in [3.63, 3.8) is 0 Å². The van der Waals surface area contributed by atoms with Crippen LogP contribution in [0.2, 0.25) is 5.02 Å². The molecule has 0 saturated carbocycles. The van der Waals surface area contributed by atoms with E-state index in [-0.39, 0.29) is 10.6 Å². The number of carboxylic acids is 1. The van der Waals surface area contributed by atoms with E-state index in [0.717, 1.165) is 0 Å². The summed E-state index contributed by atoms with van der Waals surface area (Å²) in [5.74, 6) is -1.16. The van der Waals surface area contributed by atoms with E-state index in [1.54, 1.807) is 6.92 Å². The summed E-state index contributed by atoms with van der Waals surface area (Å²) >= 11 is 5.74. The van der Waals surface area contributed by atoms with Crippen molar-refractivity contribution >= 4 is 34.6 Å². The van der Waals surface area contributed by atoms with Gasteiger partial charge >= 0.3 is 5.97 Å². The molecule has 0 unspecified atom stereocenters. The monoisotopic (exact) mass is 350 g/mol. The number of aromatic nitrogens is 3. The number of aromatic carboxylic acids is 1. The maximum Gasteiger partial charge on any atom is 0.337 e. The molecule has 126 valence electrons. The lowest BCUT2D eigenvalue weighted by atomic mass is 10.2. The Hall–Kier alpha value is -2.67. The summed E-state index contributed by atoms with van der Waals surface area (Å²) in [5, 5.41) is 16.1. The molecule has 2 aromatic heterocycles. The molecule has 0 aliphatic carbocycles. The molecule has 0 aliphatic rings. The first-order valence-electron chi connectivity index (χ1n) is 7.25. The van der Waals surface area contributed by atoms with E-state index < -0.39 is 11.8 Å². The van der Waals surface area contributed by atoms with Crippen LogP contribution in [0.4, 0.5) is 15.9 Å². The molecule has 0 fully saturated rings. The van der Waals surface area contributed by atoms with Gasteiger partial charge in [0.2, 0.25) is 0 Å². The second-order valence-corrected chi connectivity index (χ2v) is 5.04. The van der Waals surface area contributed by atoms with Gasteiger partial charge in [0.1, 0.15) is 17.7 Å². The number of fused-ring (bicyclic) bond motifs is 1. The molecule has 0 spiro atoms. The van der Waals surface area contributed by atoms with Crippen LogP contribution in [-0.2, 0) is 0 Å². The van der Waals surface area contributed by atoms with E-state index >= 15 is 0 Å². The normalized spacial score (nSPS) is 10.2. The summed E-state index contributed by atoms with van der Waals surface area (Å²) in [6, 6.07) is 4.17. The number of rotatable bonds is 3. The fourth-order valence-electron chi connectivity index (χ4n) is 2.18. The van der Waals surface area contributed by atoms with Gasteiger partial charge in [-0.25, -0.2) is 18.7 Å². The summed E-state index contributed by atoms with van der Waals surface area (Å²) in [6.07, 6.45) is 2.71. The third kappa shape index (κ3) is 3.30. The fourth-order valence-corrected chi connectivity index (χ4v) is 2.36. The molecule has 2 N–H and O–H groups in total. The minimum Gasteiger partial charge on any atom is -0.478 e. The summed E-state index contributed by atoms with van der Waals surface area (Å²) in [7, 11) is 0. The van der Waals surface area contributed by atoms with Gasteiger partial charge < -0.3 is 10.4 Å². The van der Waals surface area contributed by atoms with E-state index in [0.29, 0.717) is 22.6 Å². The summed E-state index contributed by atoms with van der Waals surface area (Å²) in [4.78, 5) is 15.3. The van der Waals surface area contributed by atoms with Crippen LogP contribution in [0, 0.1) is 12.7 Å². The number of nitrogens with one attached hydrogen (secondary N) is 1. The highest BCUT2D eigenvalue weighted by atomic mass is 35.5. The summed E-state index contributed by atoms with van der Waals surface area (Å²) in [5.41, 5.74) is 1.73. The molecule has 0 saturated heterocycles. The Labute approximate surface area is 142 Å². The Morgan fingerprint density at radius 1 is 1.38 bits per heavy atom. The fraction of sp³-hybridized carbons (Fsp3) is 0.188. The van der Waals surface area contributed by atoms with Crippen molar-refractivity contribution in [1.29, 1.82) is 0 Å². The number of benzene rings is 1. The molecule has 0 atom stereocenters. The van der Waals surface area contributed by atoms with Crippen LogP contribution >= 0.6 is 11.6 Å². The Kier molecular flexibility index (Phi) is 5.35. The zero-order valence-corrected chi connectivity index (χ0v) is 14.1. The first kappa shape index (κ1) is 17.7. The molecule has 1 aromatic carbocycles. The topological polar surface area (TPSA) is 79.5 Å². The predicted molar refractivity (Wildman–Crippen MR) is 90.7 cm³/mol. The number of aryl methyl sites for hydroxylation is 1. The third-order valence-electron chi connectivity index (χ3n) is 3.24. The highest BCUT2D eigenvalue weighted by Crippen LogP contribution is 2.27. The molecule has 6 nitrogen and oxygen atoms in total. The Balaban J connectivity index is 0.00000100. The number of halogens is 2. The quantitative estimate of drug-likeness (QED) is 0.736. The number of hydrogen-bond acceptors (Lipinski definition) is 4.